The van der Waals surface area contributed by atoms with E-state index in [0.717, 1.165) is 11.8 Å². The molecule has 9 nitrogen and oxygen atoms in total. The number of sulfone groups is 1. The van der Waals surface area contributed by atoms with E-state index in [9.17, 15) is 28.1 Å². The average molecular weight is 371 g/mol. The number of nitrogens with one attached hydrogen (secondary N) is 2. The molecule has 10 heteroatoms. The first-order valence-electron chi connectivity index (χ1n) is 7.42. The first-order valence-corrected chi connectivity index (χ1v) is 9.48. The normalized spacial score (nSPS) is 12.3. The Labute approximate surface area is 145 Å². The van der Waals surface area contributed by atoms with Crippen molar-refractivity contribution in [1.29, 1.82) is 0 Å². The number of benzene rings is 1. The van der Waals surface area contributed by atoms with Crippen molar-refractivity contribution in [2.75, 3.05) is 17.3 Å². The Morgan fingerprint density at radius 2 is 1.88 bits per heavy atom. The minimum atomic E-state index is -3.34. The lowest BCUT2D eigenvalue weighted by atomic mass is 10.1. The zero-order chi connectivity index (χ0) is 19.4. The van der Waals surface area contributed by atoms with Crippen LogP contribution in [0.5, 0.6) is 0 Å². The van der Waals surface area contributed by atoms with Gasteiger partial charge in [0, 0.05) is 19.2 Å². The van der Waals surface area contributed by atoms with Gasteiger partial charge in [-0.2, -0.15) is 0 Å². The van der Waals surface area contributed by atoms with Gasteiger partial charge < -0.3 is 10.6 Å². The molecule has 0 saturated heterocycles. The van der Waals surface area contributed by atoms with Crippen molar-refractivity contribution in [1.82, 2.24) is 5.32 Å². The van der Waals surface area contributed by atoms with E-state index < -0.39 is 32.6 Å². The number of hydrogen-bond acceptors (Lipinski definition) is 6. The van der Waals surface area contributed by atoms with Crippen LogP contribution >= 0.6 is 0 Å². The number of rotatable bonds is 7. The van der Waals surface area contributed by atoms with E-state index in [1.54, 1.807) is 19.9 Å². The largest absolute Gasteiger partial charge is 0.345 e. The molecule has 0 heterocycles. The van der Waals surface area contributed by atoms with Crippen LogP contribution in [0.4, 0.5) is 11.4 Å². The van der Waals surface area contributed by atoms with Crippen LogP contribution < -0.4 is 10.6 Å². The van der Waals surface area contributed by atoms with Crippen LogP contribution in [-0.2, 0) is 19.4 Å². The number of amides is 2. The first-order chi connectivity index (χ1) is 11.4. The molecule has 0 aromatic heterocycles. The van der Waals surface area contributed by atoms with Crippen LogP contribution in [0.15, 0.2) is 12.1 Å². The summed E-state index contributed by atoms with van der Waals surface area (Å²) in [6.45, 7) is 4.56. The van der Waals surface area contributed by atoms with Gasteiger partial charge in [-0.25, -0.2) is 8.42 Å². The molecular formula is C15H21N3O6S. The molecular weight excluding hydrogens is 350 g/mol. The Bertz CT molecular complexity index is 804. The number of anilines is 1. The standard InChI is InChI=1S/C15H21N3O6S/c1-9-5-6-13(18(21)22)14(10(9)2)17-15(20)12(16-11(3)19)7-8-25(4,23)24/h5-6,12H,7-8H2,1-4H3,(H,16,19)(H,17,20). The Hall–Kier alpha value is -2.49. The highest BCUT2D eigenvalue weighted by molar-refractivity contribution is 7.90. The molecule has 1 rings (SSSR count). The fraction of sp³-hybridized carbons (Fsp3) is 0.467. The van der Waals surface area contributed by atoms with E-state index in [4.69, 9.17) is 0 Å². The van der Waals surface area contributed by atoms with Gasteiger partial charge in [0.2, 0.25) is 11.8 Å². The summed E-state index contributed by atoms with van der Waals surface area (Å²) in [6.07, 6.45) is 0.883. The Balaban J connectivity index is 3.13. The molecule has 0 radical (unpaired) electrons. The maximum atomic E-state index is 12.5. The van der Waals surface area contributed by atoms with E-state index in [1.165, 1.54) is 13.0 Å². The van der Waals surface area contributed by atoms with Gasteiger partial charge in [-0.1, -0.05) is 6.07 Å². The predicted molar refractivity (Wildman–Crippen MR) is 93.1 cm³/mol. The predicted octanol–water partition coefficient (Wildman–Crippen LogP) is 1.09. The zero-order valence-electron chi connectivity index (χ0n) is 14.5. The van der Waals surface area contributed by atoms with Crippen molar-refractivity contribution in [3.63, 3.8) is 0 Å². The second-order valence-electron chi connectivity index (χ2n) is 5.82. The molecule has 0 bridgehead atoms. The Kier molecular flexibility index (Phi) is 6.63. The number of carbonyl (C=O) groups excluding carboxylic acids is 2. The van der Waals surface area contributed by atoms with Crippen LogP contribution in [0.1, 0.15) is 24.5 Å². The van der Waals surface area contributed by atoms with E-state index >= 15 is 0 Å². The van der Waals surface area contributed by atoms with Crippen molar-refractivity contribution < 1.29 is 22.9 Å². The van der Waals surface area contributed by atoms with E-state index in [-0.39, 0.29) is 23.5 Å². The van der Waals surface area contributed by atoms with Gasteiger partial charge in [-0.05, 0) is 31.4 Å². The molecule has 2 N–H and O–H groups in total. The average Bonchev–Trinajstić information content (AvgIpc) is 2.46. The highest BCUT2D eigenvalue weighted by Gasteiger charge is 2.25. The number of nitro benzene ring substituents is 1. The van der Waals surface area contributed by atoms with Gasteiger partial charge in [-0.3, -0.25) is 19.7 Å². The van der Waals surface area contributed by atoms with Crippen LogP contribution in [0, 0.1) is 24.0 Å². The molecule has 25 heavy (non-hydrogen) atoms. The first kappa shape index (κ1) is 20.6. The van der Waals surface area contributed by atoms with Crippen molar-refractivity contribution in [2.45, 2.75) is 33.2 Å². The van der Waals surface area contributed by atoms with Crippen LogP contribution in [0.2, 0.25) is 0 Å². The molecule has 2 amide bonds. The third-order valence-electron chi connectivity index (χ3n) is 3.63. The van der Waals surface area contributed by atoms with Gasteiger partial charge >= 0.3 is 0 Å². The maximum Gasteiger partial charge on any atom is 0.293 e. The Morgan fingerprint density at radius 3 is 2.36 bits per heavy atom. The second-order valence-corrected chi connectivity index (χ2v) is 8.08. The third-order valence-corrected chi connectivity index (χ3v) is 4.61. The molecule has 0 spiro atoms. The van der Waals surface area contributed by atoms with Crippen LogP contribution in [0.3, 0.4) is 0 Å². The van der Waals surface area contributed by atoms with Gasteiger partial charge in [0.25, 0.3) is 5.69 Å². The number of aryl methyl sites for hydroxylation is 1. The molecule has 0 saturated carbocycles. The third kappa shape index (κ3) is 6.14. The van der Waals surface area contributed by atoms with E-state index in [2.05, 4.69) is 10.6 Å². The fourth-order valence-electron chi connectivity index (χ4n) is 2.17. The summed E-state index contributed by atoms with van der Waals surface area (Å²) in [6, 6.07) is 1.73. The van der Waals surface area contributed by atoms with Crippen LogP contribution in [-0.4, -0.2) is 43.2 Å². The van der Waals surface area contributed by atoms with Gasteiger partial charge in [-0.15, -0.1) is 0 Å². The number of hydrogen-bond donors (Lipinski definition) is 2. The van der Waals surface area contributed by atoms with E-state index in [0.29, 0.717) is 5.56 Å². The van der Waals surface area contributed by atoms with Crippen molar-refractivity contribution in [3.8, 4) is 0 Å². The number of nitro groups is 1. The summed E-state index contributed by atoms with van der Waals surface area (Å²) >= 11 is 0. The van der Waals surface area contributed by atoms with Crippen molar-refractivity contribution >= 4 is 33.0 Å². The fourth-order valence-corrected chi connectivity index (χ4v) is 2.83. The summed E-state index contributed by atoms with van der Waals surface area (Å²) in [5.74, 6) is -1.53. The highest BCUT2D eigenvalue weighted by Crippen LogP contribution is 2.30. The molecule has 0 fully saturated rings. The summed E-state index contributed by atoms with van der Waals surface area (Å²) in [4.78, 5) is 34.3. The lowest BCUT2D eigenvalue weighted by Crippen LogP contribution is -2.44. The van der Waals surface area contributed by atoms with Crippen LogP contribution in [0.25, 0.3) is 0 Å². The van der Waals surface area contributed by atoms with Crippen molar-refractivity contribution in [3.05, 3.63) is 33.4 Å². The molecule has 1 aromatic rings. The molecule has 0 aliphatic heterocycles. The minimum absolute atomic E-state index is 0.0321. The highest BCUT2D eigenvalue weighted by atomic mass is 32.2. The van der Waals surface area contributed by atoms with Gasteiger partial charge in [0.15, 0.2) is 0 Å². The second kappa shape index (κ2) is 8.06. The lowest BCUT2D eigenvalue weighted by molar-refractivity contribution is -0.384. The quantitative estimate of drug-likeness (QED) is 0.544. The van der Waals surface area contributed by atoms with Crippen molar-refractivity contribution in [2.24, 2.45) is 0 Å². The molecule has 1 unspecified atom stereocenters. The maximum absolute atomic E-state index is 12.5. The molecule has 1 aromatic carbocycles. The zero-order valence-corrected chi connectivity index (χ0v) is 15.3. The Morgan fingerprint density at radius 1 is 1.28 bits per heavy atom. The summed E-state index contributed by atoms with van der Waals surface area (Å²) in [5.41, 5.74) is 1.02. The SMILES string of the molecule is CC(=O)NC(CCS(C)(=O)=O)C(=O)Nc1c([N+](=O)[O-])ccc(C)c1C. The summed E-state index contributed by atoms with van der Waals surface area (Å²) in [7, 11) is -3.34. The smallest absolute Gasteiger partial charge is 0.293 e. The van der Waals surface area contributed by atoms with E-state index in [1.807, 2.05) is 0 Å². The summed E-state index contributed by atoms with van der Waals surface area (Å²) in [5, 5.41) is 16.0. The van der Waals surface area contributed by atoms with Gasteiger partial charge in [0.1, 0.15) is 21.6 Å². The number of carbonyl (C=O) groups is 2. The molecule has 0 aliphatic rings. The van der Waals surface area contributed by atoms with Gasteiger partial charge in [0.05, 0.1) is 10.7 Å². The monoisotopic (exact) mass is 371 g/mol. The molecule has 1 atom stereocenters. The lowest BCUT2D eigenvalue weighted by Gasteiger charge is -2.18. The summed E-state index contributed by atoms with van der Waals surface area (Å²) < 4.78 is 22.6. The molecule has 138 valence electrons. The molecule has 0 aliphatic carbocycles. The topological polar surface area (TPSA) is 135 Å². The minimum Gasteiger partial charge on any atom is -0.345 e. The number of nitrogens with zero attached hydrogens (tertiary/aromatic N) is 1.